The summed E-state index contributed by atoms with van der Waals surface area (Å²) in [5.74, 6) is 1.81. The summed E-state index contributed by atoms with van der Waals surface area (Å²) in [5.41, 5.74) is 4.44. The molecule has 0 spiro atoms. The van der Waals surface area contributed by atoms with Crippen LogP contribution in [0, 0.1) is 13.8 Å². The molecular weight excluding hydrogens is 340 g/mol. The van der Waals surface area contributed by atoms with E-state index in [4.69, 9.17) is 14.7 Å². The van der Waals surface area contributed by atoms with Crippen LogP contribution < -0.4 is 4.90 Å². The minimum absolute atomic E-state index is 0.0483. The van der Waals surface area contributed by atoms with Crippen molar-refractivity contribution < 1.29 is 9.53 Å². The molecule has 1 saturated heterocycles. The normalized spacial score (nSPS) is 14.5. The number of methoxy groups -OCH3 is 1. The third-order valence-corrected chi connectivity index (χ3v) is 5.02. The average Bonchev–Trinajstić information content (AvgIpc) is 2.67. The zero-order valence-electron chi connectivity index (χ0n) is 16.7. The van der Waals surface area contributed by atoms with Gasteiger partial charge in [-0.05, 0) is 26.3 Å². The average molecular weight is 368 g/mol. The molecule has 0 aliphatic carbocycles. The summed E-state index contributed by atoms with van der Waals surface area (Å²) in [5, 5.41) is 0. The van der Waals surface area contributed by atoms with Crippen LogP contribution in [-0.4, -0.2) is 60.7 Å². The van der Waals surface area contributed by atoms with Gasteiger partial charge in [0.2, 0.25) is 5.91 Å². The molecule has 0 N–H and O–H groups in total. The third-order valence-electron chi connectivity index (χ3n) is 5.02. The van der Waals surface area contributed by atoms with Gasteiger partial charge >= 0.3 is 0 Å². The second kappa shape index (κ2) is 8.48. The molecule has 1 aliphatic rings. The molecule has 1 aliphatic heterocycles. The number of hydrogen-bond donors (Lipinski definition) is 0. The number of anilines is 1. The molecule has 6 heteroatoms. The fourth-order valence-electron chi connectivity index (χ4n) is 3.55. The van der Waals surface area contributed by atoms with Gasteiger partial charge < -0.3 is 14.5 Å². The topological polar surface area (TPSA) is 58.6 Å². The molecule has 1 aromatic heterocycles. The largest absolute Gasteiger partial charge is 0.375 e. The highest BCUT2D eigenvalue weighted by molar-refractivity contribution is 5.77. The molecule has 1 aromatic carbocycles. The van der Waals surface area contributed by atoms with Crippen LogP contribution in [0.25, 0.3) is 11.4 Å². The Labute approximate surface area is 161 Å². The van der Waals surface area contributed by atoms with Crippen molar-refractivity contribution in [2.75, 3.05) is 44.8 Å². The van der Waals surface area contributed by atoms with Crippen molar-refractivity contribution in [1.82, 2.24) is 14.9 Å². The Morgan fingerprint density at radius 1 is 1.15 bits per heavy atom. The summed E-state index contributed by atoms with van der Waals surface area (Å²) in [7, 11) is 1.55. The fraction of sp³-hybridized carbons (Fsp3) is 0.476. The molecule has 0 atom stereocenters. The first-order valence-electron chi connectivity index (χ1n) is 9.49. The van der Waals surface area contributed by atoms with E-state index in [1.54, 1.807) is 7.11 Å². The van der Waals surface area contributed by atoms with Crippen molar-refractivity contribution in [3.05, 3.63) is 41.1 Å². The van der Waals surface area contributed by atoms with Gasteiger partial charge in [-0.3, -0.25) is 4.79 Å². The number of piperazine rings is 1. The van der Waals surface area contributed by atoms with Gasteiger partial charge in [-0.2, -0.15) is 0 Å². The van der Waals surface area contributed by atoms with E-state index in [0.717, 1.165) is 42.4 Å². The molecule has 1 fully saturated rings. The van der Waals surface area contributed by atoms with E-state index in [1.165, 1.54) is 11.1 Å². The van der Waals surface area contributed by atoms with Crippen LogP contribution in [0.15, 0.2) is 24.3 Å². The second-order valence-corrected chi connectivity index (χ2v) is 6.96. The molecule has 0 unspecified atom stereocenters. The minimum Gasteiger partial charge on any atom is -0.375 e. The van der Waals surface area contributed by atoms with Crippen molar-refractivity contribution in [3.63, 3.8) is 0 Å². The molecule has 2 heterocycles. The van der Waals surface area contributed by atoms with Crippen LogP contribution in [0.4, 0.5) is 5.82 Å². The van der Waals surface area contributed by atoms with Crippen molar-refractivity contribution in [1.29, 1.82) is 0 Å². The number of benzene rings is 1. The van der Waals surface area contributed by atoms with Crippen LogP contribution in [0.1, 0.15) is 23.7 Å². The zero-order chi connectivity index (χ0) is 19.4. The second-order valence-electron chi connectivity index (χ2n) is 6.96. The van der Waals surface area contributed by atoms with Gasteiger partial charge in [-0.1, -0.05) is 30.7 Å². The molecular formula is C21H28N4O2. The highest BCUT2D eigenvalue weighted by Crippen LogP contribution is 2.27. The predicted octanol–water partition coefficient (Wildman–Crippen LogP) is 2.62. The van der Waals surface area contributed by atoms with E-state index in [2.05, 4.69) is 43.9 Å². The number of hydrogen-bond acceptors (Lipinski definition) is 5. The maximum absolute atomic E-state index is 12.0. The molecule has 6 nitrogen and oxygen atoms in total. The lowest BCUT2D eigenvalue weighted by molar-refractivity contribution is -0.135. The van der Waals surface area contributed by atoms with Gasteiger partial charge in [0.05, 0.1) is 0 Å². The van der Waals surface area contributed by atoms with Gasteiger partial charge in [0.25, 0.3) is 0 Å². The number of carbonyl (C=O) groups is 1. The molecule has 0 bridgehead atoms. The van der Waals surface area contributed by atoms with Crippen LogP contribution in [0.3, 0.4) is 0 Å². The van der Waals surface area contributed by atoms with Crippen LogP contribution in [-0.2, 0) is 16.0 Å². The fourth-order valence-corrected chi connectivity index (χ4v) is 3.55. The Kier molecular flexibility index (Phi) is 6.06. The quantitative estimate of drug-likeness (QED) is 0.812. The van der Waals surface area contributed by atoms with E-state index in [0.29, 0.717) is 13.1 Å². The van der Waals surface area contributed by atoms with Crippen molar-refractivity contribution >= 4 is 11.7 Å². The van der Waals surface area contributed by atoms with Crippen molar-refractivity contribution in [2.45, 2.75) is 27.2 Å². The predicted molar refractivity (Wildman–Crippen MR) is 107 cm³/mol. The first kappa shape index (κ1) is 19.3. The van der Waals surface area contributed by atoms with Gasteiger partial charge in [-0.15, -0.1) is 0 Å². The number of amides is 1. The summed E-state index contributed by atoms with van der Waals surface area (Å²) in [6.45, 7) is 9.33. The summed E-state index contributed by atoms with van der Waals surface area (Å²) in [6, 6.07) is 8.29. The maximum Gasteiger partial charge on any atom is 0.248 e. The summed E-state index contributed by atoms with van der Waals surface area (Å²) in [4.78, 5) is 25.9. The molecule has 144 valence electrons. The number of carbonyl (C=O) groups excluding carboxylic acids is 1. The molecule has 3 rings (SSSR count). The van der Waals surface area contributed by atoms with Crippen LogP contribution in [0.5, 0.6) is 0 Å². The summed E-state index contributed by atoms with van der Waals surface area (Å²) >= 11 is 0. The lowest BCUT2D eigenvalue weighted by Crippen LogP contribution is -2.50. The van der Waals surface area contributed by atoms with E-state index in [9.17, 15) is 4.79 Å². The highest BCUT2D eigenvalue weighted by atomic mass is 16.5. The molecule has 2 aromatic rings. The van der Waals surface area contributed by atoms with Gasteiger partial charge in [-0.25, -0.2) is 9.97 Å². The molecule has 27 heavy (non-hydrogen) atoms. The van der Waals surface area contributed by atoms with E-state index < -0.39 is 0 Å². The van der Waals surface area contributed by atoms with E-state index in [-0.39, 0.29) is 12.5 Å². The van der Waals surface area contributed by atoms with E-state index in [1.807, 2.05) is 11.0 Å². The molecule has 0 radical (unpaired) electrons. The van der Waals surface area contributed by atoms with Gasteiger partial charge in [0.15, 0.2) is 5.82 Å². The standard InChI is InChI=1S/C21H28N4O2/c1-5-18-16(3)22-20(17-8-6-7-15(2)13-17)23-21(18)25-11-9-24(10-12-25)19(26)14-27-4/h6-8,13H,5,9-12,14H2,1-4H3. The summed E-state index contributed by atoms with van der Waals surface area (Å²) < 4.78 is 4.97. The zero-order valence-corrected chi connectivity index (χ0v) is 16.7. The molecule has 1 amide bonds. The number of aromatic nitrogens is 2. The lowest BCUT2D eigenvalue weighted by Gasteiger charge is -2.36. The van der Waals surface area contributed by atoms with Crippen LogP contribution in [0.2, 0.25) is 0 Å². The van der Waals surface area contributed by atoms with Crippen LogP contribution >= 0.6 is 0 Å². The first-order chi connectivity index (χ1) is 13.0. The molecule has 0 saturated carbocycles. The Balaban J connectivity index is 1.87. The Morgan fingerprint density at radius 2 is 1.89 bits per heavy atom. The first-order valence-corrected chi connectivity index (χ1v) is 9.49. The van der Waals surface area contributed by atoms with Crippen molar-refractivity contribution in [3.8, 4) is 11.4 Å². The Hall–Kier alpha value is -2.47. The summed E-state index contributed by atoms with van der Waals surface area (Å²) in [6.07, 6.45) is 0.887. The monoisotopic (exact) mass is 368 g/mol. The smallest absolute Gasteiger partial charge is 0.248 e. The lowest BCUT2D eigenvalue weighted by atomic mass is 10.1. The maximum atomic E-state index is 12.0. The van der Waals surface area contributed by atoms with Crippen molar-refractivity contribution in [2.24, 2.45) is 0 Å². The van der Waals surface area contributed by atoms with Gasteiger partial charge in [0, 0.05) is 50.1 Å². The number of rotatable bonds is 5. The van der Waals surface area contributed by atoms with Gasteiger partial charge in [0.1, 0.15) is 12.4 Å². The minimum atomic E-state index is 0.0483. The number of aryl methyl sites for hydroxylation is 2. The number of nitrogens with zero attached hydrogens (tertiary/aromatic N) is 4. The number of ether oxygens (including phenoxy) is 1. The third kappa shape index (κ3) is 4.27. The van der Waals surface area contributed by atoms with E-state index >= 15 is 0 Å². The highest BCUT2D eigenvalue weighted by Gasteiger charge is 2.24. The Bertz CT molecular complexity index is 814. The Morgan fingerprint density at radius 3 is 2.52 bits per heavy atom. The SMILES string of the molecule is CCc1c(C)nc(-c2cccc(C)c2)nc1N1CCN(C(=O)COC)CC1.